The average Bonchev–Trinajstić information content (AvgIpc) is 3.82. The van der Waals surface area contributed by atoms with Crippen LogP contribution >= 0.6 is 11.3 Å². The highest BCUT2D eigenvalue weighted by atomic mass is 32.1. The number of thiophene rings is 1. The van der Waals surface area contributed by atoms with E-state index in [4.69, 9.17) is 19.4 Å². The summed E-state index contributed by atoms with van der Waals surface area (Å²) in [6.07, 6.45) is 9.75. The van der Waals surface area contributed by atoms with Gasteiger partial charge >= 0.3 is 0 Å². The number of para-hydroxylation sites is 1. The van der Waals surface area contributed by atoms with Crippen LogP contribution in [0.1, 0.15) is 17.9 Å². The summed E-state index contributed by atoms with van der Waals surface area (Å²) in [5, 5.41) is 6.86. The van der Waals surface area contributed by atoms with Gasteiger partial charge in [-0.25, -0.2) is 15.0 Å². The van der Waals surface area contributed by atoms with Crippen molar-refractivity contribution in [2.24, 2.45) is 0 Å². The minimum atomic E-state index is 0.367. The lowest BCUT2D eigenvalue weighted by molar-refractivity contribution is 0.669. The topological polar surface area (TPSA) is 51.8 Å². The number of allylic oxidation sites excluding steroid dienone is 4. The van der Waals surface area contributed by atoms with Crippen LogP contribution in [0.5, 0.6) is 0 Å². The molecule has 1 unspecified atom stereocenters. The molecular formula is C49H31N3OS. The van der Waals surface area contributed by atoms with E-state index in [-0.39, 0.29) is 0 Å². The van der Waals surface area contributed by atoms with Crippen molar-refractivity contribution in [1.82, 2.24) is 15.0 Å². The van der Waals surface area contributed by atoms with E-state index in [1.165, 1.54) is 25.7 Å². The zero-order valence-electron chi connectivity index (χ0n) is 29.1. The summed E-state index contributed by atoms with van der Waals surface area (Å²) < 4.78 is 8.80. The van der Waals surface area contributed by atoms with E-state index in [2.05, 4.69) is 158 Å². The van der Waals surface area contributed by atoms with Crippen LogP contribution in [-0.2, 0) is 0 Å². The second-order valence-corrected chi connectivity index (χ2v) is 15.0. The first-order valence-corrected chi connectivity index (χ1v) is 19.1. The zero-order valence-corrected chi connectivity index (χ0v) is 29.9. The molecule has 10 aromatic rings. The molecule has 0 N–H and O–H groups in total. The molecule has 3 aromatic heterocycles. The molecular weight excluding hydrogens is 679 g/mol. The van der Waals surface area contributed by atoms with E-state index in [0.717, 1.165) is 66.9 Å². The molecule has 0 saturated carbocycles. The van der Waals surface area contributed by atoms with Crippen molar-refractivity contribution in [3.8, 4) is 45.3 Å². The largest absolute Gasteiger partial charge is 0.456 e. The smallest absolute Gasteiger partial charge is 0.164 e. The number of nitrogens with zero attached hydrogens (tertiary/aromatic N) is 3. The molecule has 0 aliphatic heterocycles. The summed E-state index contributed by atoms with van der Waals surface area (Å²) in [6.45, 7) is 0. The third kappa shape index (κ3) is 5.08. The molecule has 254 valence electrons. The number of benzene rings is 7. The maximum absolute atomic E-state index is 6.34. The molecule has 0 spiro atoms. The number of hydrogen-bond acceptors (Lipinski definition) is 5. The summed E-state index contributed by atoms with van der Waals surface area (Å²) in [7, 11) is 0. The van der Waals surface area contributed by atoms with E-state index >= 15 is 0 Å². The SMILES string of the molecule is C1=CCC(c2ccc(-c3nc(-c4cc(-c5cccc6oc7ccccc7c56)c5ccccc5c4)nc(-c4cccc5sc6ccccc6c45)n3)cc2)C=C1. The molecule has 0 amide bonds. The molecule has 54 heavy (non-hydrogen) atoms. The molecule has 1 aliphatic carbocycles. The summed E-state index contributed by atoms with van der Waals surface area (Å²) in [4.78, 5) is 15.8. The lowest BCUT2D eigenvalue weighted by atomic mass is 9.92. The van der Waals surface area contributed by atoms with Gasteiger partial charge in [0.25, 0.3) is 0 Å². The van der Waals surface area contributed by atoms with E-state index in [1.54, 1.807) is 11.3 Å². The first-order valence-electron chi connectivity index (χ1n) is 18.3. The van der Waals surface area contributed by atoms with Crippen LogP contribution in [-0.4, -0.2) is 15.0 Å². The van der Waals surface area contributed by atoms with Gasteiger partial charge in [-0.05, 0) is 70.3 Å². The number of fused-ring (bicyclic) bond motifs is 7. The van der Waals surface area contributed by atoms with Gasteiger partial charge in [0.2, 0.25) is 0 Å². The van der Waals surface area contributed by atoms with Crippen LogP contribution in [0.4, 0.5) is 0 Å². The zero-order chi connectivity index (χ0) is 35.6. The van der Waals surface area contributed by atoms with Gasteiger partial charge in [-0.1, -0.05) is 133 Å². The highest BCUT2D eigenvalue weighted by Crippen LogP contribution is 2.43. The van der Waals surface area contributed by atoms with Gasteiger partial charge in [-0.15, -0.1) is 11.3 Å². The number of furan rings is 1. The van der Waals surface area contributed by atoms with Gasteiger partial charge in [0, 0.05) is 53.6 Å². The van der Waals surface area contributed by atoms with Crippen molar-refractivity contribution in [3.05, 3.63) is 175 Å². The third-order valence-electron chi connectivity index (χ3n) is 10.7. The summed E-state index contributed by atoms with van der Waals surface area (Å²) in [5.74, 6) is 2.30. The Labute approximate surface area is 315 Å². The van der Waals surface area contributed by atoms with Crippen molar-refractivity contribution < 1.29 is 4.42 Å². The number of hydrogen-bond donors (Lipinski definition) is 0. The van der Waals surface area contributed by atoms with Crippen molar-refractivity contribution in [2.45, 2.75) is 12.3 Å². The molecule has 11 rings (SSSR count). The van der Waals surface area contributed by atoms with Gasteiger partial charge in [0.15, 0.2) is 17.5 Å². The Balaban J connectivity index is 1.15. The van der Waals surface area contributed by atoms with E-state index in [1.807, 2.05) is 12.1 Å². The summed E-state index contributed by atoms with van der Waals surface area (Å²) >= 11 is 1.80. The Kier molecular flexibility index (Phi) is 7.13. The summed E-state index contributed by atoms with van der Waals surface area (Å²) in [6, 6.07) is 51.4. The van der Waals surface area contributed by atoms with Crippen LogP contribution in [0, 0.1) is 0 Å². The Morgan fingerprint density at radius 3 is 2.07 bits per heavy atom. The Morgan fingerprint density at radius 2 is 1.20 bits per heavy atom. The highest BCUT2D eigenvalue weighted by Gasteiger charge is 2.20. The molecule has 0 radical (unpaired) electrons. The van der Waals surface area contributed by atoms with Crippen molar-refractivity contribution >= 4 is 64.2 Å². The normalized spacial score (nSPS) is 14.3. The lowest BCUT2D eigenvalue weighted by Crippen LogP contribution is -2.01. The first-order chi connectivity index (χ1) is 26.7. The Morgan fingerprint density at radius 1 is 0.500 bits per heavy atom. The quantitative estimate of drug-likeness (QED) is 0.178. The molecule has 3 heterocycles. The van der Waals surface area contributed by atoms with E-state index < -0.39 is 0 Å². The molecule has 0 bridgehead atoms. The monoisotopic (exact) mass is 709 g/mol. The van der Waals surface area contributed by atoms with E-state index in [9.17, 15) is 0 Å². The summed E-state index contributed by atoms with van der Waals surface area (Å²) in [5.41, 5.74) is 8.13. The minimum absolute atomic E-state index is 0.367. The fraction of sp³-hybridized carbons (Fsp3) is 0.0408. The maximum Gasteiger partial charge on any atom is 0.164 e. The van der Waals surface area contributed by atoms with Crippen molar-refractivity contribution in [3.63, 3.8) is 0 Å². The highest BCUT2D eigenvalue weighted by molar-refractivity contribution is 7.25. The molecule has 7 aromatic carbocycles. The van der Waals surface area contributed by atoms with Crippen molar-refractivity contribution in [2.75, 3.05) is 0 Å². The number of aromatic nitrogens is 3. The van der Waals surface area contributed by atoms with Crippen LogP contribution in [0.2, 0.25) is 0 Å². The third-order valence-corrected chi connectivity index (χ3v) is 11.8. The molecule has 0 fully saturated rings. The van der Waals surface area contributed by atoms with Crippen molar-refractivity contribution in [1.29, 1.82) is 0 Å². The second kappa shape index (κ2) is 12.5. The fourth-order valence-electron chi connectivity index (χ4n) is 8.08. The molecule has 0 saturated heterocycles. The standard InChI is InChI=1S/C49H31N3OS/c1-2-12-30(13-3-1)31-24-26-32(27-25-31)47-50-48(52-49(51-47)39-19-11-23-44-46(39)38-17-7-9-22-43(38)54-44)34-28-33-14-4-5-15-35(33)40(29-34)36-18-10-21-42-45(36)37-16-6-8-20-41(37)53-42/h1-12,14-30H,13H2. The predicted molar refractivity (Wildman–Crippen MR) is 225 cm³/mol. The minimum Gasteiger partial charge on any atom is -0.456 e. The molecule has 4 nitrogen and oxygen atoms in total. The van der Waals surface area contributed by atoms with Gasteiger partial charge in [0.1, 0.15) is 11.2 Å². The molecule has 1 atom stereocenters. The first kappa shape index (κ1) is 30.9. The molecule has 1 aliphatic rings. The Hall–Kier alpha value is -6.69. The van der Waals surface area contributed by atoms with Gasteiger partial charge < -0.3 is 4.42 Å². The second-order valence-electron chi connectivity index (χ2n) is 13.9. The van der Waals surface area contributed by atoms with E-state index in [0.29, 0.717) is 23.4 Å². The van der Waals surface area contributed by atoms with Crippen LogP contribution in [0.3, 0.4) is 0 Å². The average molecular weight is 710 g/mol. The van der Waals surface area contributed by atoms with Gasteiger partial charge in [-0.3, -0.25) is 0 Å². The van der Waals surface area contributed by atoms with Crippen LogP contribution < -0.4 is 0 Å². The maximum atomic E-state index is 6.34. The number of rotatable bonds is 5. The Bertz CT molecular complexity index is 3150. The van der Waals surface area contributed by atoms with Gasteiger partial charge in [0.05, 0.1) is 0 Å². The van der Waals surface area contributed by atoms with Gasteiger partial charge in [-0.2, -0.15) is 0 Å². The molecule has 5 heteroatoms. The predicted octanol–water partition coefficient (Wildman–Crippen LogP) is 13.6. The fourth-order valence-corrected chi connectivity index (χ4v) is 9.22. The van der Waals surface area contributed by atoms with Crippen LogP contribution in [0.15, 0.2) is 174 Å². The van der Waals surface area contributed by atoms with Crippen LogP contribution in [0.25, 0.3) is 98.2 Å². The lowest BCUT2D eigenvalue weighted by Gasteiger charge is -2.15.